The number of rotatable bonds is 5. The van der Waals surface area contributed by atoms with Crippen LogP contribution in [0.3, 0.4) is 0 Å². The molecule has 19 heavy (non-hydrogen) atoms. The summed E-state index contributed by atoms with van der Waals surface area (Å²) >= 11 is 0. The molecule has 1 aromatic rings. The molecule has 0 bridgehead atoms. The predicted molar refractivity (Wildman–Crippen MR) is 73.7 cm³/mol. The van der Waals surface area contributed by atoms with Gasteiger partial charge in [0.25, 0.3) is 0 Å². The number of ether oxygens (including phenoxy) is 2. The van der Waals surface area contributed by atoms with E-state index in [0.717, 1.165) is 30.0 Å². The van der Waals surface area contributed by atoms with Crippen molar-refractivity contribution in [3.8, 4) is 5.75 Å². The lowest BCUT2D eigenvalue weighted by Crippen LogP contribution is -2.42. The molecule has 1 unspecified atom stereocenters. The summed E-state index contributed by atoms with van der Waals surface area (Å²) in [4.78, 5) is 12.1. The third-order valence-electron chi connectivity index (χ3n) is 3.30. The molecule has 0 aromatic heterocycles. The van der Waals surface area contributed by atoms with Gasteiger partial charge in [0.2, 0.25) is 0 Å². The van der Waals surface area contributed by atoms with Crippen molar-refractivity contribution in [2.45, 2.75) is 25.8 Å². The highest BCUT2D eigenvalue weighted by atomic mass is 16.5. The van der Waals surface area contributed by atoms with E-state index >= 15 is 0 Å². The van der Waals surface area contributed by atoms with Crippen LogP contribution in [0.25, 0.3) is 0 Å². The first kappa shape index (κ1) is 14.0. The average molecular weight is 263 g/mol. The molecule has 0 radical (unpaired) electrons. The molecule has 1 aromatic carbocycles. The molecule has 1 heterocycles. The topological polar surface area (TPSA) is 47.6 Å². The van der Waals surface area contributed by atoms with E-state index in [-0.39, 0.29) is 11.8 Å². The number of methoxy groups -OCH3 is 1. The number of nitrogens with one attached hydrogen (secondary N) is 1. The van der Waals surface area contributed by atoms with E-state index in [1.54, 1.807) is 7.11 Å². The molecule has 1 saturated heterocycles. The Morgan fingerprint density at radius 1 is 1.53 bits per heavy atom. The Morgan fingerprint density at radius 3 is 3.05 bits per heavy atom. The Kier molecular flexibility index (Phi) is 4.93. The number of carbonyl (C=O) groups is 1. The smallest absolute Gasteiger partial charge is 0.139 e. The molecule has 4 nitrogen and oxygen atoms in total. The summed E-state index contributed by atoms with van der Waals surface area (Å²) in [5.41, 5.74) is 2.10. The number of carbonyl (C=O) groups excluding carboxylic acids is 1. The largest absolute Gasteiger partial charge is 0.496 e. The Labute approximate surface area is 114 Å². The van der Waals surface area contributed by atoms with Crippen molar-refractivity contribution in [3.63, 3.8) is 0 Å². The third-order valence-corrected chi connectivity index (χ3v) is 3.30. The van der Waals surface area contributed by atoms with E-state index in [0.29, 0.717) is 19.4 Å². The van der Waals surface area contributed by atoms with Gasteiger partial charge in [-0.05, 0) is 13.0 Å². The molecule has 104 valence electrons. The number of hydrogen-bond acceptors (Lipinski definition) is 4. The van der Waals surface area contributed by atoms with E-state index in [2.05, 4.69) is 5.32 Å². The van der Waals surface area contributed by atoms with Gasteiger partial charge in [-0.15, -0.1) is 0 Å². The van der Waals surface area contributed by atoms with E-state index in [1.807, 2.05) is 25.1 Å². The SMILES string of the molecule is COc1ccc(C)cc1CC(=O)CC1COCCN1. The van der Waals surface area contributed by atoms with Gasteiger partial charge in [0.1, 0.15) is 11.5 Å². The normalized spacial score (nSPS) is 19.2. The van der Waals surface area contributed by atoms with Crippen molar-refractivity contribution in [1.29, 1.82) is 0 Å². The van der Waals surface area contributed by atoms with Crippen molar-refractivity contribution in [2.24, 2.45) is 0 Å². The molecule has 0 aliphatic carbocycles. The molecular weight excluding hydrogens is 242 g/mol. The molecule has 0 spiro atoms. The van der Waals surface area contributed by atoms with Crippen molar-refractivity contribution >= 4 is 5.78 Å². The summed E-state index contributed by atoms with van der Waals surface area (Å²) in [6.45, 7) is 4.20. The zero-order chi connectivity index (χ0) is 13.7. The fourth-order valence-corrected chi connectivity index (χ4v) is 2.36. The average Bonchev–Trinajstić information content (AvgIpc) is 2.40. The van der Waals surface area contributed by atoms with Crippen molar-refractivity contribution in [3.05, 3.63) is 29.3 Å². The summed E-state index contributed by atoms with van der Waals surface area (Å²) in [7, 11) is 1.63. The molecule has 1 fully saturated rings. The van der Waals surface area contributed by atoms with E-state index in [4.69, 9.17) is 9.47 Å². The number of aryl methyl sites for hydroxylation is 1. The summed E-state index contributed by atoms with van der Waals surface area (Å²) < 4.78 is 10.7. The predicted octanol–water partition coefficient (Wildman–Crippen LogP) is 1.49. The first-order chi connectivity index (χ1) is 9.19. The van der Waals surface area contributed by atoms with Crippen molar-refractivity contribution in [1.82, 2.24) is 5.32 Å². The van der Waals surface area contributed by atoms with Crippen LogP contribution in [0.15, 0.2) is 18.2 Å². The van der Waals surface area contributed by atoms with Gasteiger partial charge in [-0.3, -0.25) is 4.79 Å². The van der Waals surface area contributed by atoms with Gasteiger partial charge in [0.15, 0.2) is 0 Å². The van der Waals surface area contributed by atoms with Crippen LogP contribution in [0.5, 0.6) is 5.75 Å². The lowest BCUT2D eigenvalue weighted by molar-refractivity contribution is -0.119. The Morgan fingerprint density at radius 2 is 2.37 bits per heavy atom. The van der Waals surface area contributed by atoms with Crippen LogP contribution in [0.4, 0.5) is 0 Å². The molecule has 1 aliphatic heterocycles. The van der Waals surface area contributed by atoms with Crippen LogP contribution >= 0.6 is 0 Å². The van der Waals surface area contributed by atoms with Gasteiger partial charge in [-0.1, -0.05) is 17.7 Å². The number of Topliss-reactive ketones (excluding diaryl/α,β-unsaturated/α-hetero) is 1. The minimum Gasteiger partial charge on any atom is -0.496 e. The molecule has 4 heteroatoms. The van der Waals surface area contributed by atoms with Crippen LogP contribution < -0.4 is 10.1 Å². The lowest BCUT2D eigenvalue weighted by Gasteiger charge is -2.23. The maximum Gasteiger partial charge on any atom is 0.139 e. The monoisotopic (exact) mass is 263 g/mol. The van der Waals surface area contributed by atoms with Gasteiger partial charge >= 0.3 is 0 Å². The molecule has 0 amide bonds. The molecule has 1 atom stereocenters. The van der Waals surface area contributed by atoms with Gasteiger partial charge < -0.3 is 14.8 Å². The second-order valence-corrected chi connectivity index (χ2v) is 4.96. The van der Waals surface area contributed by atoms with Crippen LogP contribution in [-0.2, 0) is 16.0 Å². The fraction of sp³-hybridized carbons (Fsp3) is 0.533. The molecule has 0 saturated carbocycles. The second-order valence-electron chi connectivity index (χ2n) is 4.96. The van der Waals surface area contributed by atoms with Crippen LogP contribution in [0, 0.1) is 6.92 Å². The molecule has 2 rings (SSSR count). The van der Waals surface area contributed by atoms with E-state index in [1.165, 1.54) is 0 Å². The highest BCUT2D eigenvalue weighted by Crippen LogP contribution is 2.21. The number of ketones is 1. The quantitative estimate of drug-likeness (QED) is 0.874. The zero-order valence-corrected chi connectivity index (χ0v) is 11.6. The minimum atomic E-state index is 0.150. The summed E-state index contributed by atoms with van der Waals surface area (Å²) in [5.74, 6) is 0.999. The summed E-state index contributed by atoms with van der Waals surface area (Å²) in [6.07, 6.45) is 0.931. The third kappa shape index (κ3) is 4.04. The van der Waals surface area contributed by atoms with E-state index in [9.17, 15) is 4.79 Å². The first-order valence-corrected chi connectivity index (χ1v) is 6.65. The Hall–Kier alpha value is -1.39. The highest BCUT2D eigenvalue weighted by Gasteiger charge is 2.18. The maximum atomic E-state index is 12.1. The van der Waals surface area contributed by atoms with Gasteiger partial charge in [-0.2, -0.15) is 0 Å². The number of morpholine rings is 1. The fourth-order valence-electron chi connectivity index (χ4n) is 2.36. The number of benzene rings is 1. The Balaban J connectivity index is 1.95. The summed E-state index contributed by atoms with van der Waals surface area (Å²) in [6, 6.07) is 6.07. The van der Waals surface area contributed by atoms with E-state index < -0.39 is 0 Å². The Bertz CT molecular complexity index is 439. The van der Waals surface area contributed by atoms with Gasteiger partial charge in [0, 0.05) is 31.0 Å². The standard InChI is InChI=1S/C15H21NO3/c1-11-3-4-15(18-2)12(7-11)8-14(17)9-13-10-19-6-5-16-13/h3-4,7,13,16H,5-6,8-10H2,1-2H3. The van der Waals surface area contributed by atoms with Crippen molar-refractivity contribution in [2.75, 3.05) is 26.9 Å². The number of hydrogen-bond donors (Lipinski definition) is 1. The molecule has 1 N–H and O–H groups in total. The lowest BCUT2D eigenvalue weighted by atomic mass is 10.0. The van der Waals surface area contributed by atoms with Crippen molar-refractivity contribution < 1.29 is 14.3 Å². The van der Waals surface area contributed by atoms with Gasteiger partial charge in [0.05, 0.1) is 20.3 Å². The molecule has 1 aliphatic rings. The summed E-state index contributed by atoms with van der Waals surface area (Å²) in [5, 5.41) is 3.30. The second kappa shape index (κ2) is 6.68. The molecular formula is C15H21NO3. The van der Waals surface area contributed by atoms with Crippen LogP contribution in [-0.4, -0.2) is 38.7 Å². The maximum absolute atomic E-state index is 12.1. The van der Waals surface area contributed by atoms with Crippen LogP contribution in [0.1, 0.15) is 17.5 Å². The first-order valence-electron chi connectivity index (χ1n) is 6.65. The van der Waals surface area contributed by atoms with Gasteiger partial charge in [-0.25, -0.2) is 0 Å². The highest BCUT2D eigenvalue weighted by molar-refractivity contribution is 5.82. The minimum absolute atomic E-state index is 0.150. The zero-order valence-electron chi connectivity index (χ0n) is 11.6. The van der Waals surface area contributed by atoms with Crippen LogP contribution in [0.2, 0.25) is 0 Å².